The Kier molecular flexibility index (Phi) is 5.45. The van der Waals surface area contributed by atoms with Gasteiger partial charge in [-0.2, -0.15) is 0 Å². The number of sulfonamides is 1. The highest BCUT2D eigenvalue weighted by molar-refractivity contribution is 9.10. The van der Waals surface area contributed by atoms with Gasteiger partial charge in [-0.05, 0) is 28.4 Å². The van der Waals surface area contributed by atoms with Crippen LogP contribution >= 0.6 is 15.9 Å². The lowest BCUT2D eigenvalue weighted by Crippen LogP contribution is -2.17. The summed E-state index contributed by atoms with van der Waals surface area (Å²) >= 11 is 3.08. The van der Waals surface area contributed by atoms with Crippen molar-refractivity contribution >= 4 is 43.3 Å². The van der Waals surface area contributed by atoms with Crippen LogP contribution in [-0.4, -0.2) is 30.2 Å². The molecule has 0 fully saturated rings. The first kappa shape index (κ1) is 16.4. The molecule has 2 N–H and O–H groups in total. The Balaban J connectivity index is 2.83. The summed E-state index contributed by atoms with van der Waals surface area (Å²) in [6, 6.07) is 3.67. The number of nitrogens with one attached hydrogen (secondary N) is 1. The minimum Gasteiger partial charge on any atom is -0.481 e. The van der Waals surface area contributed by atoms with Gasteiger partial charge in [0.1, 0.15) is 0 Å². The molecule has 20 heavy (non-hydrogen) atoms. The van der Waals surface area contributed by atoms with Crippen molar-refractivity contribution in [3.05, 3.63) is 32.8 Å². The summed E-state index contributed by atoms with van der Waals surface area (Å²) in [5, 5.41) is 19.1. The summed E-state index contributed by atoms with van der Waals surface area (Å²) in [4.78, 5) is 20.3. The van der Waals surface area contributed by atoms with E-state index in [2.05, 4.69) is 20.7 Å². The molecule has 0 bridgehead atoms. The van der Waals surface area contributed by atoms with Gasteiger partial charge in [0.05, 0.1) is 16.4 Å². The smallest absolute Gasteiger partial charge is 0.303 e. The summed E-state index contributed by atoms with van der Waals surface area (Å²) in [6.45, 7) is 0. The van der Waals surface area contributed by atoms with E-state index in [1.54, 1.807) is 0 Å². The molecule has 110 valence electrons. The molecule has 0 amide bonds. The van der Waals surface area contributed by atoms with E-state index < -0.39 is 20.9 Å². The fourth-order valence-electron chi connectivity index (χ4n) is 1.34. The predicted octanol–water partition coefficient (Wildman–Crippen LogP) is 1.96. The molecule has 0 radical (unpaired) electrons. The zero-order valence-electron chi connectivity index (χ0n) is 10.1. The number of carboxylic acids is 1. The van der Waals surface area contributed by atoms with Gasteiger partial charge in [0.15, 0.2) is 0 Å². The van der Waals surface area contributed by atoms with Gasteiger partial charge in [-0.3, -0.25) is 19.6 Å². The van der Waals surface area contributed by atoms with E-state index in [0.717, 1.165) is 6.07 Å². The predicted molar refractivity (Wildman–Crippen MR) is 75.1 cm³/mol. The van der Waals surface area contributed by atoms with Gasteiger partial charge in [0.2, 0.25) is 10.0 Å². The highest BCUT2D eigenvalue weighted by Gasteiger charge is 2.16. The average Bonchev–Trinajstić information content (AvgIpc) is 2.30. The Bertz CT molecular complexity index is 631. The van der Waals surface area contributed by atoms with Gasteiger partial charge >= 0.3 is 5.97 Å². The zero-order chi connectivity index (χ0) is 15.3. The molecule has 1 aromatic carbocycles. The quantitative estimate of drug-likeness (QED) is 0.560. The van der Waals surface area contributed by atoms with E-state index in [9.17, 15) is 23.3 Å². The Labute approximate surface area is 123 Å². The number of nitro groups is 1. The van der Waals surface area contributed by atoms with Crippen LogP contribution in [0, 0.1) is 10.1 Å². The lowest BCUT2D eigenvalue weighted by Gasteiger charge is -2.09. The minimum absolute atomic E-state index is 0.0366. The minimum atomic E-state index is -3.76. The number of nitrogens with zero attached hydrogens (tertiary/aromatic N) is 1. The van der Waals surface area contributed by atoms with Crippen LogP contribution in [0.15, 0.2) is 22.7 Å². The lowest BCUT2D eigenvalue weighted by atomic mass is 10.3. The fourth-order valence-corrected chi connectivity index (χ4v) is 2.94. The van der Waals surface area contributed by atoms with Crippen molar-refractivity contribution in [3.8, 4) is 0 Å². The van der Waals surface area contributed by atoms with Crippen molar-refractivity contribution < 1.29 is 23.2 Å². The third-order valence-corrected chi connectivity index (χ3v) is 4.28. The monoisotopic (exact) mass is 366 g/mol. The second-order valence-electron chi connectivity index (χ2n) is 3.84. The molecule has 8 nitrogen and oxygen atoms in total. The SMILES string of the molecule is O=C(O)CCCS(=O)(=O)Nc1cc([N+](=O)[O-])ccc1Br. The molecule has 0 saturated carbocycles. The van der Waals surface area contributed by atoms with Crippen molar-refractivity contribution in [2.75, 3.05) is 10.5 Å². The van der Waals surface area contributed by atoms with Crippen LogP contribution in [0.25, 0.3) is 0 Å². The van der Waals surface area contributed by atoms with E-state index in [1.165, 1.54) is 12.1 Å². The molecular formula is C10H11BrN2O6S. The summed E-state index contributed by atoms with van der Waals surface area (Å²) < 4.78 is 26.0. The van der Waals surface area contributed by atoms with E-state index >= 15 is 0 Å². The van der Waals surface area contributed by atoms with Crippen molar-refractivity contribution in [1.82, 2.24) is 0 Å². The standard InChI is InChI=1S/C10H11BrN2O6S/c11-8-4-3-7(13(16)17)6-9(8)12-20(18,19)5-1-2-10(14)15/h3-4,6,12H,1-2,5H2,(H,14,15). The number of hydrogen-bond acceptors (Lipinski definition) is 5. The molecule has 0 unspecified atom stereocenters. The Hall–Kier alpha value is -1.68. The summed E-state index contributed by atoms with van der Waals surface area (Å²) in [5.74, 6) is -1.47. The van der Waals surface area contributed by atoms with Crippen LogP contribution in [0.1, 0.15) is 12.8 Å². The van der Waals surface area contributed by atoms with Gasteiger partial charge in [-0.15, -0.1) is 0 Å². The molecule has 1 rings (SSSR count). The Morgan fingerprint density at radius 3 is 2.65 bits per heavy atom. The molecule has 0 heterocycles. The number of carboxylic acid groups (broad SMARTS) is 1. The van der Waals surface area contributed by atoms with E-state index in [4.69, 9.17) is 5.11 Å². The first-order chi connectivity index (χ1) is 9.21. The molecule has 0 saturated heterocycles. The van der Waals surface area contributed by atoms with Crippen LogP contribution in [0.4, 0.5) is 11.4 Å². The Morgan fingerprint density at radius 1 is 1.45 bits per heavy atom. The van der Waals surface area contributed by atoms with Gasteiger partial charge in [0, 0.05) is 23.0 Å². The fraction of sp³-hybridized carbons (Fsp3) is 0.300. The largest absolute Gasteiger partial charge is 0.481 e. The normalized spacial score (nSPS) is 11.1. The van der Waals surface area contributed by atoms with Crippen LogP contribution in [-0.2, 0) is 14.8 Å². The molecule has 0 aliphatic rings. The van der Waals surface area contributed by atoms with E-state index in [1.807, 2.05) is 0 Å². The van der Waals surface area contributed by atoms with Crippen molar-refractivity contribution in [2.24, 2.45) is 0 Å². The maximum atomic E-state index is 11.7. The number of halogens is 1. The molecule has 0 spiro atoms. The first-order valence-electron chi connectivity index (χ1n) is 5.37. The number of anilines is 1. The molecule has 10 heteroatoms. The summed E-state index contributed by atoms with van der Waals surface area (Å²) in [5.41, 5.74) is -0.217. The average molecular weight is 367 g/mol. The zero-order valence-corrected chi connectivity index (χ0v) is 12.5. The third kappa shape index (κ3) is 5.13. The van der Waals surface area contributed by atoms with Crippen molar-refractivity contribution in [3.63, 3.8) is 0 Å². The van der Waals surface area contributed by atoms with Crippen LogP contribution < -0.4 is 4.72 Å². The van der Waals surface area contributed by atoms with Crippen LogP contribution in [0.3, 0.4) is 0 Å². The van der Waals surface area contributed by atoms with Crippen LogP contribution in [0.2, 0.25) is 0 Å². The summed E-state index contributed by atoms with van der Waals surface area (Å²) in [7, 11) is -3.76. The molecule has 0 atom stereocenters. The Morgan fingerprint density at radius 2 is 2.10 bits per heavy atom. The van der Waals surface area contributed by atoms with Gasteiger partial charge in [-0.25, -0.2) is 8.42 Å². The topological polar surface area (TPSA) is 127 Å². The maximum absolute atomic E-state index is 11.7. The second-order valence-corrected chi connectivity index (χ2v) is 6.54. The molecule has 0 aliphatic carbocycles. The number of hydrogen-bond donors (Lipinski definition) is 2. The number of nitro benzene ring substituents is 1. The number of aliphatic carboxylic acids is 1. The first-order valence-corrected chi connectivity index (χ1v) is 7.82. The van der Waals surface area contributed by atoms with Gasteiger partial charge in [0.25, 0.3) is 5.69 Å². The van der Waals surface area contributed by atoms with E-state index in [-0.39, 0.29) is 30.0 Å². The lowest BCUT2D eigenvalue weighted by molar-refractivity contribution is -0.384. The van der Waals surface area contributed by atoms with Crippen molar-refractivity contribution in [2.45, 2.75) is 12.8 Å². The number of non-ortho nitro benzene ring substituents is 1. The van der Waals surface area contributed by atoms with Gasteiger partial charge in [-0.1, -0.05) is 0 Å². The highest BCUT2D eigenvalue weighted by Crippen LogP contribution is 2.28. The van der Waals surface area contributed by atoms with Crippen molar-refractivity contribution in [1.29, 1.82) is 0 Å². The summed E-state index contributed by atoms with van der Waals surface area (Å²) in [6.07, 6.45) is -0.311. The second kappa shape index (κ2) is 6.66. The third-order valence-electron chi connectivity index (χ3n) is 2.23. The number of rotatable bonds is 7. The molecule has 1 aromatic rings. The van der Waals surface area contributed by atoms with Crippen LogP contribution in [0.5, 0.6) is 0 Å². The van der Waals surface area contributed by atoms with E-state index in [0.29, 0.717) is 4.47 Å². The number of benzene rings is 1. The molecule has 0 aliphatic heterocycles. The maximum Gasteiger partial charge on any atom is 0.303 e. The molecule has 0 aromatic heterocycles. The van der Waals surface area contributed by atoms with Gasteiger partial charge < -0.3 is 5.11 Å². The number of carbonyl (C=O) groups is 1. The molecular weight excluding hydrogens is 356 g/mol. The highest BCUT2D eigenvalue weighted by atomic mass is 79.9.